The van der Waals surface area contributed by atoms with Crippen LogP contribution in [-0.2, 0) is 0 Å². The average Bonchev–Trinajstić information content (AvgIpc) is 2.81. The van der Waals surface area contributed by atoms with Crippen molar-refractivity contribution < 1.29 is 0 Å². The van der Waals surface area contributed by atoms with E-state index in [0.29, 0.717) is 0 Å². The summed E-state index contributed by atoms with van der Waals surface area (Å²) >= 11 is 3.49. The predicted octanol–water partition coefficient (Wildman–Crippen LogP) is 3.70. The lowest BCUT2D eigenvalue weighted by molar-refractivity contribution is 0.807. The number of pyridine rings is 1. The normalized spacial score (nSPS) is 10.8. The summed E-state index contributed by atoms with van der Waals surface area (Å²) in [5.41, 5.74) is 2.28. The summed E-state index contributed by atoms with van der Waals surface area (Å²) in [5, 5.41) is 3.31. The fourth-order valence-electron chi connectivity index (χ4n) is 2.04. The molecule has 0 spiro atoms. The molecule has 0 saturated heterocycles. The number of anilines is 1. The monoisotopic (exact) mass is 301 g/mol. The van der Waals surface area contributed by atoms with Crippen LogP contribution in [0.2, 0.25) is 0 Å². The molecule has 0 aliphatic carbocycles. The van der Waals surface area contributed by atoms with Gasteiger partial charge in [0.25, 0.3) is 0 Å². The number of hydrogen-bond acceptors (Lipinski definition) is 2. The van der Waals surface area contributed by atoms with E-state index >= 15 is 0 Å². The molecule has 2 aromatic heterocycles. The van der Waals surface area contributed by atoms with Gasteiger partial charge in [-0.3, -0.25) is 14.7 Å². The predicted molar refractivity (Wildman–Crippen MR) is 77.7 cm³/mol. The Kier molecular flexibility index (Phi) is 2.80. The second-order valence-corrected chi connectivity index (χ2v) is 5.01. The third kappa shape index (κ3) is 1.88. The number of fused-ring (bicyclic) bond motifs is 1. The molecule has 2 heterocycles. The first kappa shape index (κ1) is 11.3. The molecule has 90 valence electrons. The highest BCUT2D eigenvalue weighted by atomic mass is 79.9. The average molecular weight is 302 g/mol. The fourth-order valence-corrected chi connectivity index (χ4v) is 2.42. The Morgan fingerprint density at radius 3 is 2.67 bits per heavy atom. The molecule has 0 saturated carbocycles. The van der Waals surface area contributed by atoms with Gasteiger partial charge in [0.1, 0.15) is 0 Å². The molecule has 0 N–H and O–H groups in total. The second kappa shape index (κ2) is 4.46. The van der Waals surface area contributed by atoms with Gasteiger partial charge in [0.2, 0.25) is 0 Å². The molecule has 0 amide bonds. The van der Waals surface area contributed by atoms with Gasteiger partial charge < -0.3 is 0 Å². The van der Waals surface area contributed by atoms with Crippen molar-refractivity contribution in [1.82, 2.24) is 9.66 Å². The minimum absolute atomic E-state index is 1.10. The van der Waals surface area contributed by atoms with E-state index in [4.69, 9.17) is 0 Å². The van der Waals surface area contributed by atoms with E-state index in [1.54, 1.807) is 12.4 Å². The van der Waals surface area contributed by atoms with Gasteiger partial charge in [-0.2, -0.15) is 0 Å². The maximum Gasteiger partial charge on any atom is 0.0699 e. The van der Waals surface area contributed by atoms with Gasteiger partial charge in [-0.05, 0) is 36.4 Å². The van der Waals surface area contributed by atoms with E-state index in [9.17, 15) is 0 Å². The number of rotatable bonds is 2. The van der Waals surface area contributed by atoms with Crippen molar-refractivity contribution in [1.29, 1.82) is 0 Å². The molecule has 0 aliphatic heterocycles. The zero-order valence-electron chi connectivity index (χ0n) is 9.92. The van der Waals surface area contributed by atoms with E-state index in [1.807, 2.05) is 19.2 Å². The third-order valence-electron chi connectivity index (χ3n) is 2.99. The van der Waals surface area contributed by atoms with Crippen molar-refractivity contribution in [2.45, 2.75) is 0 Å². The Labute approximate surface area is 114 Å². The minimum atomic E-state index is 1.10. The van der Waals surface area contributed by atoms with Crippen LogP contribution in [0, 0.1) is 0 Å². The number of hydrogen-bond donors (Lipinski definition) is 0. The Bertz CT molecular complexity index is 676. The summed E-state index contributed by atoms with van der Waals surface area (Å²) < 4.78 is 3.22. The van der Waals surface area contributed by atoms with E-state index in [1.165, 1.54) is 10.9 Å². The van der Waals surface area contributed by atoms with Crippen LogP contribution in [0.4, 0.5) is 5.69 Å². The molecule has 0 radical (unpaired) electrons. The molecule has 1 aromatic carbocycles. The molecule has 0 fully saturated rings. The highest BCUT2D eigenvalue weighted by Gasteiger charge is 2.06. The quantitative estimate of drug-likeness (QED) is 0.720. The zero-order valence-corrected chi connectivity index (χ0v) is 11.5. The third-order valence-corrected chi connectivity index (χ3v) is 3.48. The van der Waals surface area contributed by atoms with Gasteiger partial charge in [-0.1, -0.05) is 15.9 Å². The van der Waals surface area contributed by atoms with Crippen molar-refractivity contribution in [3.05, 3.63) is 59.5 Å². The maximum absolute atomic E-state index is 4.04. The summed E-state index contributed by atoms with van der Waals surface area (Å²) in [7, 11) is 2.04. The summed E-state index contributed by atoms with van der Waals surface area (Å²) in [6, 6.07) is 12.4. The highest BCUT2D eigenvalue weighted by Crippen LogP contribution is 2.23. The van der Waals surface area contributed by atoms with E-state index in [2.05, 4.69) is 61.1 Å². The SMILES string of the molecule is CN(c1ccncc1)n1ccc2cc(Br)ccc21. The Morgan fingerprint density at radius 2 is 1.89 bits per heavy atom. The van der Waals surface area contributed by atoms with Gasteiger partial charge in [-0.15, -0.1) is 0 Å². The van der Waals surface area contributed by atoms with Gasteiger partial charge in [-0.25, -0.2) is 0 Å². The van der Waals surface area contributed by atoms with Crippen LogP contribution < -0.4 is 5.01 Å². The van der Waals surface area contributed by atoms with Gasteiger partial charge >= 0.3 is 0 Å². The molecule has 0 unspecified atom stereocenters. The number of nitrogens with zero attached hydrogens (tertiary/aromatic N) is 3. The van der Waals surface area contributed by atoms with Crippen molar-refractivity contribution in [3.63, 3.8) is 0 Å². The minimum Gasteiger partial charge on any atom is -0.284 e. The molecular weight excluding hydrogens is 290 g/mol. The molecular formula is C14H12BrN3. The van der Waals surface area contributed by atoms with E-state index < -0.39 is 0 Å². The summed E-state index contributed by atoms with van der Waals surface area (Å²) in [4.78, 5) is 4.04. The summed E-state index contributed by atoms with van der Waals surface area (Å²) in [6.45, 7) is 0. The molecule has 4 heteroatoms. The van der Waals surface area contributed by atoms with Crippen LogP contribution in [0.1, 0.15) is 0 Å². The van der Waals surface area contributed by atoms with Crippen molar-refractivity contribution in [3.8, 4) is 0 Å². The van der Waals surface area contributed by atoms with Crippen molar-refractivity contribution in [2.75, 3.05) is 12.1 Å². The van der Waals surface area contributed by atoms with Crippen LogP contribution in [0.25, 0.3) is 10.9 Å². The zero-order chi connectivity index (χ0) is 12.5. The maximum atomic E-state index is 4.04. The smallest absolute Gasteiger partial charge is 0.0699 e. The second-order valence-electron chi connectivity index (χ2n) is 4.09. The largest absolute Gasteiger partial charge is 0.284 e. The Balaban J connectivity index is 2.10. The fraction of sp³-hybridized carbons (Fsp3) is 0.0714. The first-order valence-electron chi connectivity index (χ1n) is 5.66. The van der Waals surface area contributed by atoms with Crippen molar-refractivity contribution >= 4 is 32.5 Å². The lowest BCUT2D eigenvalue weighted by Gasteiger charge is -2.21. The number of halogens is 1. The standard InChI is InChI=1S/C14H12BrN3/c1-17(13-4-7-16-8-5-13)18-9-6-11-10-12(15)2-3-14(11)18/h2-10H,1H3. The molecule has 0 bridgehead atoms. The highest BCUT2D eigenvalue weighted by molar-refractivity contribution is 9.10. The Morgan fingerprint density at radius 1 is 1.11 bits per heavy atom. The molecule has 3 rings (SSSR count). The first-order chi connectivity index (χ1) is 8.75. The topological polar surface area (TPSA) is 21.1 Å². The molecule has 3 aromatic rings. The van der Waals surface area contributed by atoms with Gasteiger partial charge in [0.05, 0.1) is 11.2 Å². The van der Waals surface area contributed by atoms with Crippen LogP contribution >= 0.6 is 15.9 Å². The molecule has 18 heavy (non-hydrogen) atoms. The van der Waals surface area contributed by atoms with E-state index in [0.717, 1.165) is 10.2 Å². The molecule has 3 nitrogen and oxygen atoms in total. The lowest BCUT2D eigenvalue weighted by Crippen LogP contribution is -2.23. The van der Waals surface area contributed by atoms with Gasteiger partial charge in [0.15, 0.2) is 0 Å². The Hall–Kier alpha value is -1.81. The number of benzene rings is 1. The molecule has 0 atom stereocenters. The van der Waals surface area contributed by atoms with Crippen LogP contribution in [0.5, 0.6) is 0 Å². The van der Waals surface area contributed by atoms with Crippen LogP contribution in [0.3, 0.4) is 0 Å². The summed E-state index contributed by atoms with van der Waals surface area (Å²) in [6.07, 6.45) is 5.67. The van der Waals surface area contributed by atoms with E-state index in [-0.39, 0.29) is 0 Å². The van der Waals surface area contributed by atoms with Crippen LogP contribution in [-0.4, -0.2) is 16.7 Å². The number of aromatic nitrogens is 2. The van der Waals surface area contributed by atoms with Gasteiger partial charge in [0, 0.05) is 35.5 Å². The first-order valence-corrected chi connectivity index (χ1v) is 6.46. The molecule has 0 aliphatic rings. The van der Waals surface area contributed by atoms with Crippen molar-refractivity contribution in [2.24, 2.45) is 0 Å². The lowest BCUT2D eigenvalue weighted by atomic mass is 10.2. The summed E-state index contributed by atoms with van der Waals surface area (Å²) in [5.74, 6) is 0. The van der Waals surface area contributed by atoms with Crippen LogP contribution in [0.15, 0.2) is 59.5 Å².